The van der Waals surface area contributed by atoms with Gasteiger partial charge in [-0.15, -0.1) is 0 Å². The van der Waals surface area contributed by atoms with Crippen molar-refractivity contribution in [2.75, 3.05) is 0 Å². The first-order valence-electron chi connectivity index (χ1n) is 3.86. The molecular weight excluding hydrogens is 168 g/mol. The number of aryl methyl sites for hydroxylation is 1. The SMILES string of the molecule is Cc1ccc2[nH]c(=O)cc(O)c2n1. The van der Waals surface area contributed by atoms with Crippen LogP contribution in [0.4, 0.5) is 0 Å². The van der Waals surface area contributed by atoms with E-state index >= 15 is 0 Å². The summed E-state index contributed by atoms with van der Waals surface area (Å²) in [7, 11) is 0. The zero-order chi connectivity index (χ0) is 9.42. The van der Waals surface area contributed by atoms with Crippen LogP contribution in [0.2, 0.25) is 0 Å². The molecule has 0 amide bonds. The molecule has 0 aliphatic carbocycles. The fourth-order valence-corrected chi connectivity index (χ4v) is 1.21. The third-order valence-corrected chi connectivity index (χ3v) is 1.80. The molecule has 13 heavy (non-hydrogen) atoms. The lowest BCUT2D eigenvalue weighted by atomic mass is 10.3. The van der Waals surface area contributed by atoms with Crippen molar-refractivity contribution in [1.82, 2.24) is 9.97 Å². The molecule has 2 heterocycles. The van der Waals surface area contributed by atoms with Gasteiger partial charge in [-0.2, -0.15) is 0 Å². The molecule has 2 aromatic rings. The van der Waals surface area contributed by atoms with Crippen molar-refractivity contribution in [2.45, 2.75) is 6.92 Å². The van der Waals surface area contributed by atoms with Crippen molar-refractivity contribution in [1.29, 1.82) is 0 Å². The summed E-state index contributed by atoms with van der Waals surface area (Å²) in [5.74, 6) is -0.0811. The van der Waals surface area contributed by atoms with E-state index in [1.165, 1.54) is 0 Å². The standard InChI is InChI=1S/C9H8N2O2/c1-5-2-3-6-9(10-5)7(12)4-8(13)11-6/h2-4H,1H3,(H2,11,12,13). The highest BCUT2D eigenvalue weighted by Gasteiger charge is 2.02. The largest absolute Gasteiger partial charge is 0.505 e. The van der Waals surface area contributed by atoms with E-state index in [0.717, 1.165) is 11.8 Å². The maximum absolute atomic E-state index is 10.9. The number of H-pyrrole nitrogens is 1. The molecular formula is C9H8N2O2. The molecule has 0 saturated heterocycles. The number of aromatic nitrogens is 2. The molecule has 2 rings (SSSR count). The molecule has 4 heteroatoms. The maximum Gasteiger partial charge on any atom is 0.252 e. The number of aromatic hydroxyl groups is 1. The summed E-state index contributed by atoms with van der Waals surface area (Å²) in [6.07, 6.45) is 0. The van der Waals surface area contributed by atoms with Crippen LogP contribution in [0.3, 0.4) is 0 Å². The van der Waals surface area contributed by atoms with E-state index in [1.54, 1.807) is 12.1 Å². The van der Waals surface area contributed by atoms with Crippen LogP contribution >= 0.6 is 0 Å². The van der Waals surface area contributed by atoms with Crippen molar-refractivity contribution in [3.05, 3.63) is 34.2 Å². The Balaban J connectivity index is 2.95. The van der Waals surface area contributed by atoms with E-state index < -0.39 is 0 Å². The van der Waals surface area contributed by atoms with Gasteiger partial charge in [0.05, 0.1) is 5.52 Å². The molecule has 0 bridgehead atoms. The summed E-state index contributed by atoms with van der Waals surface area (Å²) in [6.45, 7) is 1.82. The molecule has 0 fully saturated rings. The molecule has 0 saturated carbocycles. The molecule has 66 valence electrons. The van der Waals surface area contributed by atoms with Crippen molar-refractivity contribution >= 4 is 11.0 Å². The van der Waals surface area contributed by atoms with Gasteiger partial charge in [0.1, 0.15) is 11.3 Å². The lowest BCUT2D eigenvalue weighted by Crippen LogP contribution is -2.03. The fourth-order valence-electron chi connectivity index (χ4n) is 1.21. The topological polar surface area (TPSA) is 66.0 Å². The van der Waals surface area contributed by atoms with Gasteiger partial charge in [-0.05, 0) is 19.1 Å². The van der Waals surface area contributed by atoms with Crippen LogP contribution in [-0.4, -0.2) is 15.1 Å². The van der Waals surface area contributed by atoms with Gasteiger partial charge in [-0.25, -0.2) is 4.98 Å². The molecule has 0 aliphatic heterocycles. The average molecular weight is 176 g/mol. The minimum absolute atomic E-state index is 0.0811. The first-order valence-corrected chi connectivity index (χ1v) is 3.86. The Morgan fingerprint density at radius 2 is 2.23 bits per heavy atom. The van der Waals surface area contributed by atoms with Gasteiger partial charge in [0, 0.05) is 11.8 Å². The van der Waals surface area contributed by atoms with Crippen LogP contribution in [0.25, 0.3) is 11.0 Å². The lowest BCUT2D eigenvalue weighted by Gasteiger charge is -1.99. The lowest BCUT2D eigenvalue weighted by molar-refractivity contribution is 0.479. The van der Waals surface area contributed by atoms with Crippen LogP contribution in [0, 0.1) is 6.92 Å². The summed E-state index contributed by atoms with van der Waals surface area (Å²) >= 11 is 0. The first-order chi connectivity index (χ1) is 6.16. The Kier molecular flexibility index (Phi) is 1.55. The van der Waals surface area contributed by atoms with Gasteiger partial charge in [0.15, 0.2) is 0 Å². The average Bonchev–Trinajstić information content (AvgIpc) is 2.06. The highest BCUT2D eigenvalue weighted by molar-refractivity contribution is 5.79. The second-order valence-corrected chi connectivity index (χ2v) is 2.87. The van der Waals surface area contributed by atoms with Crippen molar-refractivity contribution in [3.63, 3.8) is 0 Å². The molecule has 0 aromatic carbocycles. The Hall–Kier alpha value is -1.84. The van der Waals surface area contributed by atoms with Gasteiger partial charge in [-0.1, -0.05) is 0 Å². The van der Waals surface area contributed by atoms with Crippen LogP contribution in [0.15, 0.2) is 23.0 Å². The van der Waals surface area contributed by atoms with Crippen LogP contribution < -0.4 is 5.56 Å². The molecule has 2 N–H and O–H groups in total. The Morgan fingerprint density at radius 3 is 3.00 bits per heavy atom. The summed E-state index contributed by atoms with van der Waals surface area (Å²) in [6, 6.07) is 4.62. The number of nitrogens with one attached hydrogen (secondary N) is 1. The highest BCUT2D eigenvalue weighted by atomic mass is 16.3. The van der Waals surface area contributed by atoms with Crippen LogP contribution in [-0.2, 0) is 0 Å². The summed E-state index contributed by atoms with van der Waals surface area (Å²) < 4.78 is 0. The number of fused-ring (bicyclic) bond motifs is 1. The number of aromatic amines is 1. The van der Waals surface area contributed by atoms with Gasteiger partial charge >= 0.3 is 0 Å². The van der Waals surface area contributed by atoms with Crippen molar-refractivity contribution in [3.8, 4) is 5.75 Å². The van der Waals surface area contributed by atoms with E-state index in [4.69, 9.17) is 0 Å². The predicted molar refractivity (Wildman–Crippen MR) is 48.8 cm³/mol. The third kappa shape index (κ3) is 1.26. The Labute approximate surface area is 73.9 Å². The van der Waals surface area contributed by atoms with E-state index in [9.17, 15) is 9.90 Å². The van der Waals surface area contributed by atoms with E-state index in [-0.39, 0.29) is 11.3 Å². The van der Waals surface area contributed by atoms with Crippen molar-refractivity contribution < 1.29 is 5.11 Å². The Bertz CT molecular complexity index is 516. The second-order valence-electron chi connectivity index (χ2n) is 2.87. The van der Waals surface area contributed by atoms with E-state index in [1.807, 2.05) is 6.92 Å². The van der Waals surface area contributed by atoms with Gasteiger partial charge in [0.2, 0.25) is 0 Å². The third-order valence-electron chi connectivity index (χ3n) is 1.80. The summed E-state index contributed by atoms with van der Waals surface area (Å²) in [4.78, 5) is 17.6. The minimum Gasteiger partial charge on any atom is -0.505 e. The van der Waals surface area contributed by atoms with Crippen LogP contribution in [0.5, 0.6) is 5.75 Å². The molecule has 0 radical (unpaired) electrons. The molecule has 0 atom stereocenters. The molecule has 0 aliphatic rings. The van der Waals surface area contributed by atoms with Crippen LogP contribution in [0.1, 0.15) is 5.69 Å². The number of hydrogen-bond acceptors (Lipinski definition) is 3. The van der Waals surface area contributed by atoms with Gasteiger partial charge in [-0.3, -0.25) is 4.79 Å². The quantitative estimate of drug-likeness (QED) is 0.627. The monoisotopic (exact) mass is 176 g/mol. The maximum atomic E-state index is 10.9. The van der Waals surface area contributed by atoms with Gasteiger partial charge < -0.3 is 10.1 Å². The number of hydrogen-bond donors (Lipinski definition) is 2. The molecule has 0 unspecified atom stereocenters. The normalized spacial score (nSPS) is 10.5. The highest BCUT2D eigenvalue weighted by Crippen LogP contribution is 2.17. The zero-order valence-electron chi connectivity index (χ0n) is 7.03. The second kappa shape index (κ2) is 2.58. The number of nitrogens with zero attached hydrogens (tertiary/aromatic N) is 1. The minimum atomic E-state index is -0.323. The smallest absolute Gasteiger partial charge is 0.252 e. The van der Waals surface area contributed by atoms with E-state index in [0.29, 0.717) is 11.0 Å². The van der Waals surface area contributed by atoms with Crippen molar-refractivity contribution in [2.24, 2.45) is 0 Å². The number of rotatable bonds is 0. The number of pyridine rings is 2. The summed E-state index contributed by atoms with van der Waals surface area (Å²) in [5, 5.41) is 9.39. The molecule has 4 nitrogen and oxygen atoms in total. The van der Waals surface area contributed by atoms with E-state index in [2.05, 4.69) is 9.97 Å². The van der Waals surface area contributed by atoms with Gasteiger partial charge in [0.25, 0.3) is 5.56 Å². The first kappa shape index (κ1) is 7.79. The Morgan fingerprint density at radius 1 is 1.46 bits per heavy atom. The molecule has 0 spiro atoms. The summed E-state index contributed by atoms with van der Waals surface area (Å²) in [5.41, 5.74) is 1.46. The fraction of sp³-hybridized carbons (Fsp3) is 0.111. The predicted octanol–water partition coefficient (Wildman–Crippen LogP) is 0.937. The zero-order valence-corrected chi connectivity index (χ0v) is 7.03. The molecule has 2 aromatic heterocycles.